The molecule has 2 aromatic carbocycles. The Kier molecular flexibility index (Phi) is 5.50. The van der Waals surface area contributed by atoms with Crippen LogP contribution in [-0.2, 0) is 19.9 Å². The van der Waals surface area contributed by atoms with E-state index < -0.39 is 0 Å². The first kappa shape index (κ1) is 20.2. The van der Waals surface area contributed by atoms with Gasteiger partial charge >= 0.3 is 0 Å². The largest absolute Gasteiger partial charge is 0.293 e. The Morgan fingerprint density at radius 2 is 1.74 bits per heavy atom. The van der Waals surface area contributed by atoms with Gasteiger partial charge in [0.2, 0.25) is 0 Å². The lowest BCUT2D eigenvalue weighted by molar-refractivity contribution is 0.102. The summed E-state index contributed by atoms with van der Waals surface area (Å²) in [4.78, 5) is 32.6. The van der Waals surface area contributed by atoms with E-state index in [1.807, 2.05) is 42.5 Å². The maximum Gasteiger partial charge on any atom is 0.262 e. The number of thioether (sulfide) groups is 1. The third-order valence-corrected chi connectivity index (χ3v) is 8.02. The molecule has 156 valence electrons. The smallest absolute Gasteiger partial charge is 0.262 e. The van der Waals surface area contributed by atoms with Crippen LogP contribution in [0.5, 0.6) is 0 Å². The predicted octanol–water partition coefficient (Wildman–Crippen LogP) is 5.52. The first-order chi connectivity index (χ1) is 15.1. The summed E-state index contributed by atoms with van der Waals surface area (Å²) in [7, 11) is 1.75. The van der Waals surface area contributed by atoms with E-state index in [4.69, 9.17) is 4.98 Å². The molecule has 0 unspecified atom stereocenters. The lowest BCUT2D eigenvalue weighted by Gasteiger charge is -2.10. The zero-order chi connectivity index (χ0) is 21.4. The molecule has 31 heavy (non-hydrogen) atoms. The van der Waals surface area contributed by atoms with Gasteiger partial charge in [-0.25, -0.2) is 4.98 Å². The molecule has 0 amide bonds. The summed E-state index contributed by atoms with van der Waals surface area (Å²) >= 11 is 2.98. The van der Waals surface area contributed by atoms with Crippen molar-refractivity contribution in [1.29, 1.82) is 0 Å². The molecule has 0 N–H and O–H groups in total. The molecule has 0 radical (unpaired) electrons. The summed E-state index contributed by atoms with van der Waals surface area (Å²) in [6.45, 7) is 0. The van der Waals surface area contributed by atoms with Gasteiger partial charge in [-0.05, 0) is 42.4 Å². The minimum absolute atomic E-state index is 0.00608. The van der Waals surface area contributed by atoms with E-state index in [9.17, 15) is 9.59 Å². The van der Waals surface area contributed by atoms with Crippen molar-refractivity contribution in [1.82, 2.24) is 9.55 Å². The van der Waals surface area contributed by atoms with Crippen LogP contribution in [0, 0.1) is 0 Å². The van der Waals surface area contributed by atoms with Gasteiger partial charge in [0, 0.05) is 17.5 Å². The summed E-state index contributed by atoms with van der Waals surface area (Å²) in [6, 6.07) is 17.8. The summed E-state index contributed by atoms with van der Waals surface area (Å²) < 4.78 is 1.60. The highest BCUT2D eigenvalue weighted by molar-refractivity contribution is 7.99. The second kappa shape index (κ2) is 8.44. The van der Waals surface area contributed by atoms with E-state index in [1.54, 1.807) is 23.0 Å². The van der Waals surface area contributed by atoms with Gasteiger partial charge in [0.15, 0.2) is 10.9 Å². The number of thiophene rings is 1. The second-order valence-electron chi connectivity index (χ2n) is 7.80. The van der Waals surface area contributed by atoms with Crippen molar-refractivity contribution in [2.75, 3.05) is 5.75 Å². The number of ketones is 1. The number of fused-ring (bicyclic) bond motifs is 3. The first-order valence-electron chi connectivity index (χ1n) is 10.4. The van der Waals surface area contributed by atoms with E-state index in [0.717, 1.165) is 40.6 Å². The average molecular weight is 447 g/mol. The molecular weight excluding hydrogens is 424 g/mol. The molecule has 0 spiro atoms. The summed E-state index contributed by atoms with van der Waals surface area (Å²) in [5.74, 6) is 0.283. The highest BCUT2D eigenvalue weighted by Crippen LogP contribution is 2.34. The van der Waals surface area contributed by atoms with Crippen LogP contribution < -0.4 is 5.56 Å². The molecule has 0 fully saturated rings. The van der Waals surface area contributed by atoms with Crippen molar-refractivity contribution in [2.24, 2.45) is 7.05 Å². The van der Waals surface area contributed by atoms with Crippen LogP contribution in [0.25, 0.3) is 21.3 Å². The average Bonchev–Trinajstić information content (AvgIpc) is 3.19. The number of hydrogen-bond donors (Lipinski definition) is 0. The number of aryl methyl sites for hydroxylation is 2. The molecule has 2 aromatic heterocycles. The molecule has 0 saturated carbocycles. The lowest BCUT2D eigenvalue weighted by Crippen LogP contribution is -2.21. The van der Waals surface area contributed by atoms with Crippen LogP contribution in [0.3, 0.4) is 0 Å². The van der Waals surface area contributed by atoms with Crippen LogP contribution in [0.1, 0.15) is 33.6 Å². The molecule has 4 nitrogen and oxygen atoms in total. The summed E-state index contributed by atoms with van der Waals surface area (Å²) in [5.41, 5.74) is 4.09. The zero-order valence-electron chi connectivity index (χ0n) is 17.3. The molecule has 1 aliphatic carbocycles. The number of nitrogens with zero attached hydrogens (tertiary/aromatic N) is 2. The van der Waals surface area contributed by atoms with Gasteiger partial charge in [-0.15, -0.1) is 11.3 Å². The summed E-state index contributed by atoms with van der Waals surface area (Å²) in [6.07, 6.45) is 4.32. The minimum Gasteiger partial charge on any atom is -0.293 e. The van der Waals surface area contributed by atoms with Gasteiger partial charge in [0.05, 0.1) is 11.1 Å². The van der Waals surface area contributed by atoms with Gasteiger partial charge < -0.3 is 0 Å². The van der Waals surface area contributed by atoms with Gasteiger partial charge in [0.25, 0.3) is 5.56 Å². The molecule has 1 aliphatic rings. The van der Waals surface area contributed by atoms with Crippen LogP contribution in [-0.4, -0.2) is 21.1 Å². The minimum atomic E-state index is 0.00608. The van der Waals surface area contributed by atoms with E-state index in [1.165, 1.54) is 28.6 Å². The zero-order valence-corrected chi connectivity index (χ0v) is 18.9. The standard InChI is InChI=1S/C25H22N2O2S2/c1-27-24(29)22-19-9-5-6-10-21(19)31-23(22)26-25(27)30-15-20(28)18-13-11-17(12-14-18)16-7-3-2-4-8-16/h2-4,7-8,11-14H,5-6,9-10,15H2,1H3. The highest BCUT2D eigenvalue weighted by Gasteiger charge is 2.21. The Labute approximate surface area is 189 Å². The van der Waals surface area contributed by atoms with Crippen LogP contribution in [0.15, 0.2) is 64.5 Å². The lowest BCUT2D eigenvalue weighted by atomic mass is 9.97. The van der Waals surface area contributed by atoms with E-state index in [2.05, 4.69) is 12.1 Å². The topological polar surface area (TPSA) is 52.0 Å². The van der Waals surface area contributed by atoms with E-state index >= 15 is 0 Å². The molecule has 4 aromatic rings. The number of hydrogen-bond acceptors (Lipinski definition) is 5. The number of aromatic nitrogens is 2. The fourth-order valence-corrected chi connectivity index (χ4v) is 6.26. The van der Waals surface area contributed by atoms with Gasteiger partial charge in [-0.2, -0.15) is 0 Å². The van der Waals surface area contributed by atoms with E-state index in [0.29, 0.717) is 10.7 Å². The Morgan fingerprint density at radius 3 is 2.52 bits per heavy atom. The Balaban J connectivity index is 1.35. The first-order valence-corrected chi connectivity index (χ1v) is 12.2. The predicted molar refractivity (Wildman–Crippen MR) is 128 cm³/mol. The third kappa shape index (κ3) is 3.86. The van der Waals surface area contributed by atoms with Gasteiger partial charge in [0.1, 0.15) is 4.83 Å². The van der Waals surface area contributed by atoms with Crippen molar-refractivity contribution in [3.05, 3.63) is 81.0 Å². The normalized spacial score (nSPS) is 13.3. The molecular formula is C25H22N2O2S2. The van der Waals surface area contributed by atoms with Crippen LogP contribution in [0.2, 0.25) is 0 Å². The molecule has 6 heteroatoms. The van der Waals surface area contributed by atoms with Crippen molar-refractivity contribution in [3.63, 3.8) is 0 Å². The Hall–Kier alpha value is -2.70. The number of rotatable bonds is 5. The van der Waals surface area contributed by atoms with Gasteiger partial charge in [-0.3, -0.25) is 14.2 Å². The molecule has 0 saturated heterocycles. The van der Waals surface area contributed by atoms with E-state index in [-0.39, 0.29) is 17.1 Å². The third-order valence-electron chi connectivity index (χ3n) is 5.80. The quantitative estimate of drug-likeness (QED) is 0.230. The number of Topliss-reactive ketones (excluding diaryl/α,β-unsaturated/α-hetero) is 1. The van der Waals surface area contributed by atoms with Crippen molar-refractivity contribution in [3.8, 4) is 11.1 Å². The van der Waals surface area contributed by atoms with Gasteiger partial charge in [-0.1, -0.05) is 66.4 Å². The fourth-order valence-electron chi connectivity index (χ4n) is 4.09. The second-order valence-corrected chi connectivity index (χ2v) is 9.83. The van der Waals surface area contributed by atoms with Crippen molar-refractivity contribution >= 4 is 39.1 Å². The monoisotopic (exact) mass is 446 g/mol. The SMILES string of the molecule is Cn1c(SCC(=O)c2ccc(-c3ccccc3)cc2)nc2sc3c(c2c1=O)CCCC3. The Bertz CT molecular complexity index is 1320. The number of carbonyl (C=O) groups excluding carboxylic acids is 1. The molecule has 0 aliphatic heterocycles. The maximum atomic E-state index is 13.0. The summed E-state index contributed by atoms with van der Waals surface area (Å²) in [5, 5.41) is 1.39. The number of carbonyl (C=O) groups is 1. The van der Waals surface area contributed by atoms with Crippen LogP contribution in [0.4, 0.5) is 0 Å². The molecule has 0 bridgehead atoms. The van der Waals surface area contributed by atoms with Crippen LogP contribution >= 0.6 is 23.1 Å². The molecule has 0 atom stereocenters. The molecule has 2 heterocycles. The molecule has 5 rings (SSSR count). The van der Waals surface area contributed by atoms with Crippen molar-refractivity contribution in [2.45, 2.75) is 30.8 Å². The Morgan fingerprint density at radius 1 is 1.03 bits per heavy atom. The highest BCUT2D eigenvalue weighted by atomic mass is 32.2. The number of benzene rings is 2. The van der Waals surface area contributed by atoms with Crippen molar-refractivity contribution < 1.29 is 4.79 Å². The maximum absolute atomic E-state index is 13.0. The fraction of sp³-hybridized carbons (Fsp3) is 0.240.